The van der Waals surface area contributed by atoms with E-state index in [1.807, 2.05) is 0 Å². The zero-order valence-corrected chi connectivity index (χ0v) is 12.2. The van der Waals surface area contributed by atoms with Crippen molar-refractivity contribution in [1.29, 1.82) is 0 Å². The number of carbonyl (C=O) groups excluding carboxylic acids is 1. The molecule has 6 nitrogen and oxygen atoms in total. The summed E-state index contributed by atoms with van der Waals surface area (Å²) in [6.07, 6.45) is 2.35. The van der Waals surface area contributed by atoms with Gasteiger partial charge in [-0.2, -0.15) is 0 Å². The van der Waals surface area contributed by atoms with Crippen molar-refractivity contribution < 1.29 is 19.2 Å². The first kappa shape index (κ1) is 14.8. The Kier molecular flexibility index (Phi) is 4.32. The zero-order valence-electron chi connectivity index (χ0n) is 11.4. The van der Waals surface area contributed by atoms with E-state index in [0.29, 0.717) is 17.7 Å². The molecule has 1 aliphatic carbocycles. The normalized spacial score (nSPS) is 15.9. The largest absolute Gasteiger partial charge is 0.480 e. The van der Waals surface area contributed by atoms with Gasteiger partial charge in [0, 0.05) is 18.0 Å². The molecule has 1 fully saturated rings. The van der Waals surface area contributed by atoms with E-state index in [-0.39, 0.29) is 23.6 Å². The van der Waals surface area contributed by atoms with E-state index in [2.05, 4.69) is 5.16 Å². The third-order valence-electron chi connectivity index (χ3n) is 3.53. The maximum Gasteiger partial charge on any atom is 0.326 e. The molecule has 0 aliphatic heterocycles. The fourth-order valence-electron chi connectivity index (χ4n) is 2.21. The summed E-state index contributed by atoms with van der Waals surface area (Å²) in [6, 6.07) is -0.735. The standard InChI is InChI=1S/C13H17ClN2O4/c1-7-10(12(14)20-15-7)5-6-11(17)16(9-3-4-9)8(2)13(18)19/h8-9H,3-6H2,1-2H3,(H,18,19). The number of aryl methyl sites for hydroxylation is 1. The van der Waals surface area contributed by atoms with Gasteiger partial charge in [-0.15, -0.1) is 0 Å². The Morgan fingerprint density at radius 2 is 2.20 bits per heavy atom. The lowest BCUT2D eigenvalue weighted by Gasteiger charge is -2.26. The van der Waals surface area contributed by atoms with Gasteiger partial charge in [0.25, 0.3) is 0 Å². The lowest BCUT2D eigenvalue weighted by atomic mass is 10.1. The molecule has 20 heavy (non-hydrogen) atoms. The molecule has 110 valence electrons. The molecule has 2 rings (SSSR count). The Labute approximate surface area is 121 Å². The highest BCUT2D eigenvalue weighted by Crippen LogP contribution is 2.30. The molecule has 1 aromatic rings. The Bertz CT molecular complexity index is 505. The first-order valence-electron chi connectivity index (χ1n) is 6.56. The van der Waals surface area contributed by atoms with Crippen LogP contribution in [0.5, 0.6) is 0 Å². The number of aliphatic carboxylic acids is 1. The van der Waals surface area contributed by atoms with Gasteiger partial charge in [-0.1, -0.05) is 5.16 Å². The van der Waals surface area contributed by atoms with E-state index in [9.17, 15) is 9.59 Å². The zero-order chi connectivity index (χ0) is 14.9. The van der Waals surface area contributed by atoms with Crippen LogP contribution in [0.25, 0.3) is 0 Å². The summed E-state index contributed by atoms with van der Waals surface area (Å²) in [5.74, 6) is -1.15. The molecule has 0 bridgehead atoms. The van der Waals surface area contributed by atoms with Crippen LogP contribution in [-0.4, -0.2) is 39.1 Å². The van der Waals surface area contributed by atoms with E-state index in [0.717, 1.165) is 12.8 Å². The monoisotopic (exact) mass is 300 g/mol. The molecule has 1 aliphatic rings. The Morgan fingerprint density at radius 1 is 1.55 bits per heavy atom. The molecule has 7 heteroatoms. The van der Waals surface area contributed by atoms with Gasteiger partial charge in [0.05, 0.1) is 5.69 Å². The molecule has 0 spiro atoms. The SMILES string of the molecule is Cc1noc(Cl)c1CCC(=O)N(C1CC1)C(C)C(=O)O. The minimum absolute atomic E-state index is 0.0626. The molecule has 1 heterocycles. The second-order valence-corrected chi connectivity index (χ2v) is 5.41. The van der Waals surface area contributed by atoms with Crippen LogP contribution in [0.1, 0.15) is 37.4 Å². The van der Waals surface area contributed by atoms with Crippen molar-refractivity contribution in [3.8, 4) is 0 Å². The fraction of sp³-hybridized carbons (Fsp3) is 0.615. The van der Waals surface area contributed by atoms with Crippen molar-refractivity contribution in [3.05, 3.63) is 16.5 Å². The average Bonchev–Trinajstić information content (AvgIpc) is 3.15. The smallest absolute Gasteiger partial charge is 0.326 e. The third-order valence-corrected chi connectivity index (χ3v) is 3.83. The summed E-state index contributed by atoms with van der Waals surface area (Å²) in [5.41, 5.74) is 1.37. The molecular weight excluding hydrogens is 284 g/mol. The number of hydrogen-bond donors (Lipinski definition) is 1. The fourth-order valence-corrected chi connectivity index (χ4v) is 2.47. The van der Waals surface area contributed by atoms with Crippen LogP contribution in [0.2, 0.25) is 5.22 Å². The van der Waals surface area contributed by atoms with Gasteiger partial charge in [-0.05, 0) is 44.7 Å². The number of amides is 1. The first-order valence-corrected chi connectivity index (χ1v) is 6.94. The van der Waals surface area contributed by atoms with Crippen LogP contribution < -0.4 is 0 Å². The van der Waals surface area contributed by atoms with Crippen molar-refractivity contribution in [1.82, 2.24) is 10.1 Å². The average molecular weight is 301 g/mol. The van der Waals surface area contributed by atoms with Crippen LogP contribution >= 0.6 is 11.6 Å². The van der Waals surface area contributed by atoms with Crippen LogP contribution in [0.3, 0.4) is 0 Å². The molecule has 0 saturated heterocycles. The van der Waals surface area contributed by atoms with E-state index in [1.165, 1.54) is 11.8 Å². The molecule has 1 unspecified atom stereocenters. The maximum atomic E-state index is 12.3. The van der Waals surface area contributed by atoms with Crippen LogP contribution in [0.15, 0.2) is 4.52 Å². The van der Waals surface area contributed by atoms with E-state index in [1.54, 1.807) is 6.92 Å². The topological polar surface area (TPSA) is 83.6 Å². The number of aromatic nitrogens is 1. The molecular formula is C13H17ClN2O4. The molecule has 1 saturated carbocycles. The first-order chi connectivity index (χ1) is 9.41. The number of halogens is 1. The Morgan fingerprint density at radius 3 is 2.65 bits per heavy atom. The van der Waals surface area contributed by atoms with Crippen molar-refractivity contribution in [2.45, 2.75) is 51.6 Å². The number of carboxylic acid groups (broad SMARTS) is 1. The number of carbonyl (C=O) groups is 2. The summed E-state index contributed by atoms with van der Waals surface area (Å²) < 4.78 is 4.83. The van der Waals surface area contributed by atoms with Gasteiger partial charge in [0.15, 0.2) is 0 Å². The molecule has 1 amide bonds. The number of nitrogens with zero attached hydrogens (tertiary/aromatic N) is 2. The summed E-state index contributed by atoms with van der Waals surface area (Å²) >= 11 is 5.85. The predicted octanol–water partition coefficient (Wildman–Crippen LogP) is 2.03. The van der Waals surface area contributed by atoms with Gasteiger partial charge < -0.3 is 14.5 Å². The summed E-state index contributed by atoms with van der Waals surface area (Å²) in [5, 5.41) is 13.0. The Hall–Kier alpha value is -1.56. The molecule has 1 N–H and O–H groups in total. The van der Waals surface area contributed by atoms with Gasteiger partial charge in [0.1, 0.15) is 6.04 Å². The van der Waals surface area contributed by atoms with Crippen LogP contribution in [0.4, 0.5) is 0 Å². The minimum Gasteiger partial charge on any atom is -0.480 e. The van der Waals surface area contributed by atoms with E-state index < -0.39 is 12.0 Å². The highest BCUT2D eigenvalue weighted by atomic mass is 35.5. The van der Waals surface area contributed by atoms with Crippen LogP contribution in [0, 0.1) is 6.92 Å². The van der Waals surface area contributed by atoms with Crippen molar-refractivity contribution in [2.24, 2.45) is 0 Å². The quantitative estimate of drug-likeness (QED) is 0.869. The highest BCUT2D eigenvalue weighted by Gasteiger charge is 2.38. The molecule has 0 aromatic carbocycles. The summed E-state index contributed by atoms with van der Waals surface area (Å²) in [7, 11) is 0. The minimum atomic E-state index is -0.982. The Balaban J connectivity index is 2.01. The second-order valence-electron chi connectivity index (χ2n) is 5.07. The molecule has 0 radical (unpaired) electrons. The highest BCUT2D eigenvalue weighted by molar-refractivity contribution is 6.29. The summed E-state index contributed by atoms with van der Waals surface area (Å²) in [6.45, 7) is 3.30. The molecule has 1 aromatic heterocycles. The number of hydrogen-bond acceptors (Lipinski definition) is 4. The van der Waals surface area contributed by atoms with E-state index >= 15 is 0 Å². The lowest BCUT2D eigenvalue weighted by molar-refractivity contribution is -0.150. The third kappa shape index (κ3) is 3.12. The van der Waals surface area contributed by atoms with Crippen molar-refractivity contribution in [2.75, 3.05) is 0 Å². The second kappa shape index (κ2) is 5.83. The predicted molar refractivity (Wildman–Crippen MR) is 71.5 cm³/mol. The van der Waals surface area contributed by atoms with Crippen molar-refractivity contribution in [3.63, 3.8) is 0 Å². The number of carboxylic acids is 1. The molecule has 1 atom stereocenters. The number of rotatable bonds is 6. The van der Waals surface area contributed by atoms with Crippen molar-refractivity contribution >= 4 is 23.5 Å². The van der Waals surface area contributed by atoms with Gasteiger partial charge in [-0.25, -0.2) is 4.79 Å². The van der Waals surface area contributed by atoms with Crippen LogP contribution in [-0.2, 0) is 16.0 Å². The lowest BCUT2D eigenvalue weighted by Crippen LogP contribution is -2.44. The summed E-state index contributed by atoms with van der Waals surface area (Å²) in [4.78, 5) is 24.8. The van der Waals surface area contributed by atoms with Gasteiger partial charge in [-0.3, -0.25) is 4.79 Å². The maximum absolute atomic E-state index is 12.3. The van der Waals surface area contributed by atoms with Gasteiger partial charge >= 0.3 is 5.97 Å². The van der Waals surface area contributed by atoms with E-state index in [4.69, 9.17) is 21.2 Å². The van der Waals surface area contributed by atoms with Gasteiger partial charge in [0.2, 0.25) is 11.1 Å².